The molecule has 5 heteroatoms. The number of aromatic nitrogens is 1. The Bertz CT molecular complexity index is 571. The zero-order valence-corrected chi connectivity index (χ0v) is 9.43. The molecule has 1 amide bonds. The van der Waals surface area contributed by atoms with Gasteiger partial charge in [0.1, 0.15) is 5.69 Å². The van der Waals surface area contributed by atoms with E-state index in [2.05, 4.69) is 10.3 Å². The lowest BCUT2D eigenvalue weighted by molar-refractivity contribution is 0.103. The fraction of sp³-hybridized carbons (Fsp3) is 0.0909. The predicted molar refractivity (Wildman–Crippen MR) is 64.1 cm³/mol. The quantitative estimate of drug-likeness (QED) is 0.834. The number of hydrogen-bond acceptors (Lipinski definition) is 3. The second-order valence-electron chi connectivity index (χ2n) is 3.28. The average Bonchev–Trinajstić information content (AvgIpc) is 2.68. The van der Waals surface area contributed by atoms with E-state index in [-0.39, 0.29) is 17.2 Å². The molecule has 0 aromatic carbocycles. The summed E-state index contributed by atoms with van der Waals surface area (Å²) >= 11 is 1.40. The van der Waals surface area contributed by atoms with Gasteiger partial charge >= 0.3 is 0 Å². The van der Waals surface area contributed by atoms with Crippen LogP contribution >= 0.6 is 11.3 Å². The first-order valence-corrected chi connectivity index (χ1v) is 5.54. The van der Waals surface area contributed by atoms with E-state index >= 15 is 0 Å². The van der Waals surface area contributed by atoms with Crippen molar-refractivity contribution in [2.24, 2.45) is 0 Å². The molecule has 0 aliphatic heterocycles. The molecule has 2 N–H and O–H groups in total. The number of H-pyrrole nitrogens is 1. The van der Waals surface area contributed by atoms with Crippen LogP contribution in [0, 0.1) is 6.92 Å². The van der Waals surface area contributed by atoms with Gasteiger partial charge in [-0.1, -0.05) is 0 Å². The zero-order chi connectivity index (χ0) is 11.5. The topological polar surface area (TPSA) is 62.0 Å². The third-order valence-electron chi connectivity index (χ3n) is 2.03. The Morgan fingerprint density at radius 1 is 1.38 bits per heavy atom. The van der Waals surface area contributed by atoms with Crippen LogP contribution in [0.1, 0.15) is 14.5 Å². The van der Waals surface area contributed by atoms with Gasteiger partial charge in [0.25, 0.3) is 11.5 Å². The van der Waals surface area contributed by atoms with Crippen molar-refractivity contribution in [3.8, 4) is 0 Å². The van der Waals surface area contributed by atoms with Crippen LogP contribution in [-0.2, 0) is 0 Å². The first-order valence-electron chi connectivity index (χ1n) is 4.72. The van der Waals surface area contributed by atoms with Crippen molar-refractivity contribution in [2.45, 2.75) is 6.92 Å². The van der Waals surface area contributed by atoms with Gasteiger partial charge in [-0.25, -0.2) is 0 Å². The highest BCUT2D eigenvalue weighted by molar-refractivity contribution is 7.14. The van der Waals surface area contributed by atoms with Crippen LogP contribution in [0.3, 0.4) is 0 Å². The van der Waals surface area contributed by atoms with Crippen LogP contribution in [0.4, 0.5) is 5.69 Å². The fourth-order valence-corrected chi connectivity index (χ4v) is 2.02. The molecule has 0 unspecified atom stereocenters. The van der Waals surface area contributed by atoms with Gasteiger partial charge in [0, 0.05) is 11.1 Å². The Hall–Kier alpha value is -1.88. The lowest BCUT2D eigenvalue weighted by Gasteiger charge is -2.01. The Balaban J connectivity index is 2.20. The van der Waals surface area contributed by atoms with Crippen LogP contribution in [-0.4, -0.2) is 10.9 Å². The number of pyridine rings is 1. The first kappa shape index (κ1) is 10.6. The minimum atomic E-state index is -0.302. The second kappa shape index (κ2) is 4.32. The highest BCUT2D eigenvalue weighted by Crippen LogP contribution is 2.15. The number of aromatic amines is 1. The molecule has 0 spiro atoms. The number of amides is 1. The predicted octanol–water partition coefficient (Wildman–Crippen LogP) is 2.00. The van der Waals surface area contributed by atoms with E-state index in [0.29, 0.717) is 4.88 Å². The van der Waals surface area contributed by atoms with E-state index in [4.69, 9.17) is 0 Å². The SMILES string of the molecule is Cc1ccc(C(=O)Nc2ccc[nH]c2=O)s1. The highest BCUT2D eigenvalue weighted by atomic mass is 32.1. The summed E-state index contributed by atoms with van der Waals surface area (Å²) in [5.41, 5.74) is -0.0392. The standard InChI is InChI=1S/C11H10N2O2S/c1-7-4-5-9(16-7)11(15)13-8-3-2-6-12-10(8)14/h2-6H,1H3,(H,12,14)(H,13,15). The molecular formula is C11H10N2O2S. The summed E-state index contributed by atoms with van der Waals surface area (Å²) in [6.45, 7) is 1.93. The van der Waals surface area contributed by atoms with Crippen molar-refractivity contribution >= 4 is 22.9 Å². The summed E-state index contributed by atoms with van der Waals surface area (Å²) in [6, 6.07) is 6.84. The number of rotatable bonds is 2. The van der Waals surface area contributed by atoms with E-state index < -0.39 is 0 Å². The minimum absolute atomic E-state index is 0.255. The maximum atomic E-state index is 11.7. The van der Waals surface area contributed by atoms with E-state index in [0.717, 1.165) is 4.88 Å². The van der Waals surface area contributed by atoms with Crippen molar-refractivity contribution in [1.82, 2.24) is 4.98 Å². The number of nitrogens with one attached hydrogen (secondary N) is 2. The van der Waals surface area contributed by atoms with Crippen molar-refractivity contribution in [3.05, 3.63) is 50.6 Å². The van der Waals surface area contributed by atoms with Crippen LogP contribution in [0.5, 0.6) is 0 Å². The molecule has 0 radical (unpaired) electrons. The summed E-state index contributed by atoms with van der Waals surface area (Å²) < 4.78 is 0. The molecule has 0 saturated heterocycles. The van der Waals surface area contributed by atoms with E-state index in [9.17, 15) is 9.59 Å². The fourth-order valence-electron chi connectivity index (χ4n) is 1.26. The second-order valence-corrected chi connectivity index (χ2v) is 4.57. The molecule has 0 atom stereocenters. The summed E-state index contributed by atoms with van der Waals surface area (Å²) in [7, 11) is 0. The zero-order valence-electron chi connectivity index (χ0n) is 8.61. The maximum Gasteiger partial charge on any atom is 0.271 e. The molecule has 0 bridgehead atoms. The number of carbonyl (C=O) groups is 1. The van der Waals surface area contributed by atoms with Gasteiger partial charge in [-0.05, 0) is 31.2 Å². The van der Waals surface area contributed by atoms with Gasteiger partial charge < -0.3 is 10.3 Å². The number of hydrogen-bond donors (Lipinski definition) is 2. The summed E-state index contributed by atoms with van der Waals surface area (Å²) in [6.07, 6.45) is 1.52. The van der Waals surface area contributed by atoms with Gasteiger partial charge in [-0.15, -0.1) is 11.3 Å². The molecule has 0 aliphatic carbocycles. The molecule has 2 aromatic heterocycles. The van der Waals surface area contributed by atoms with E-state index in [1.165, 1.54) is 17.5 Å². The number of thiophene rings is 1. The van der Waals surface area contributed by atoms with E-state index in [1.54, 1.807) is 18.2 Å². The minimum Gasteiger partial charge on any atom is -0.327 e. The molecule has 16 heavy (non-hydrogen) atoms. The number of aryl methyl sites for hydroxylation is 1. The Morgan fingerprint density at radius 2 is 2.19 bits per heavy atom. The molecule has 0 fully saturated rings. The maximum absolute atomic E-state index is 11.7. The van der Waals surface area contributed by atoms with Crippen LogP contribution in [0.2, 0.25) is 0 Å². The van der Waals surface area contributed by atoms with Crippen molar-refractivity contribution in [2.75, 3.05) is 5.32 Å². The number of carbonyl (C=O) groups excluding carboxylic acids is 1. The van der Waals surface area contributed by atoms with Crippen LogP contribution in [0.25, 0.3) is 0 Å². The molecule has 82 valence electrons. The lowest BCUT2D eigenvalue weighted by Crippen LogP contribution is -2.18. The van der Waals surface area contributed by atoms with Crippen LogP contribution in [0.15, 0.2) is 35.3 Å². The van der Waals surface area contributed by atoms with Crippen molar-refractivity contribution in [3.63, 3.8) is 0 Å². The molecular weight excluding hydrogens is 224 g/mol. The molecule has 0 aliphatic rings. The summed E-state index contributed by atoms with van der Waals surface area (Å²) in [5, 5.41) is 2.57. The van der Waals surface area contributed by atoms with Gasteiger partial charge in [-0.3, -0.25) is 9.59 Å². The smallest absolute Gasteiger partial charge is 0.271 e. The summed E-state index contributed by atoms with van der Waals surface area (Å²) in [4.78, 5) is 27.2. The largest absolute Gasteiger partial charge is 0.327 e. The third-order valence-corrected chi connectivity index (χ3v) is 3.03. The Kier molecular flexibility index (Phi) is 2.87. The highest BCUT2D eigenvalue weighted by Gasteiger charge is 2.09. The molecule has 4 nitrogen and oxygen atoms in total. The average molecular weight is 234 g/mol. The third kappa shape index (κ3) is 2.20. The molecule has 2 aromatic rings. The van der Waals surface area contributed by atoms with Gasteiger partial charge in [0.2, 0.25) is 0 Å². The first-order chi connectivity index (χ1) is 7.66. The normalized spacial score (nSPS) is 10.1. The Morgan fingerprint density at radius 3 is 2.81 bits per heavy atom. The molecule has 2 heterocycles. The summed E-state index contributed by atoms with van der Waals surface area (Å²) in [5.74, 6) is -0.255. The Labute approximate surface area is 96.0 Å². The van der Waals surface area contributed by atoms with Gasteiger partial charge in [0.15, 0.2) is 0 Å². The molecule has 0 saturated carbocycles. The lowest BCUT2D eigenvalue weighted by atomic mass is 10.3. The van der Waals surface area contributed by atoms with Gasteiger partial charge in [0.05, 0.1) is 4.88 Å². The van der Waals surface area contributed by atoms with E-state index in [1.807, 2.05) is 13.0 Å². The number of anilines is 1. The molecule has 2 rings (SSSR count). The monoisotopic (exact) mass is 234 g/mol. The van der Waals surface area contributed by atoms with Crippen molar-refractivity contribution < 1.29 is 4.79 Å². The van der Waals surface area contributed by atoms with Gasteiger partial charge in [-0.2, -0.15) is 0 Å². The van der Waals surface area contributed by atoms with Crippen molar-refractivity contribution in [1.29, 1.82) is 0 Å². The van der Waals surface area contributed by atoms with Crippen LogP contribution < -0.4 is 10.9 Å².